The highest BCUT2D eigenvalue weighted by molar-refractivity contribution is 7.91. The lowest BCUT2D eigenvalue weighted by Crippen LogP contribution is -2.53. The van der Waals surface area contributed by atoms with Crippen molar-refractivity contribution in [3.8, 4) is 11.1 Å². The second kappa shape index (κ2) is 8.74. The van der Waals surface area contributed by atoms with Crippen LogP contribution in [0, 0.1) is 0 Å². The summed E-state index contributed by atoms with van der Waals surface area (Å²) >= 11 is 0. The van der Waals surface area contributed by atoms with Crippen molar-refractivity contribution in [2.24, 2.45) is 0 Å². The Morgan fingerprint density at radius 1 is 0.969 bits per heavy atom. The van der Waals surface area contributed by atoms with Gasteiger partial charge in [0.05, 0.1) is 10.6 Å². The van der Waals surface area contributed by atoms with E-state index in [1.165, 1.54) is 38.1 Å². The molecule has 0 aliphatic carbocycles. The Hall–Kier alpha value is -2.60. The average molecular weight is 483 g/mol. The van der Waals surface area contributed by atoms with E-state index in [4.69, 9.17) is 0 Å². The van der Waals surface area contributed by atoms with Gasteiger partial charge < -0.3 is 10.4 Å². The van der Waals surface area contributed by atoms with E-state index in [9.17, 15) is 44.7 Å². The number of rotatable bonds is 6. The third-order valence-electron chi connectivity index (χ3n) is 4.78. The van der Waals surface area contributed by atoms with Gasteiger partial charge in [0.25, 0.3) is 5.60 Å². The molecule has 0 spiro atoms. The van der Waals surface area contributed by atoms with Crippen LogP contribution in [0.2, 0.25) is 0 Å². The quantitative estimate of drug-likeness (QED) is 0.607. The van der Waals surface area contributed by atoms with Crippen LogP contribution in [0.25, 0.3) is 11.1 Å². The summed E-state index contributed by atoms with van der Waals surface area (Å²) in [5.41, 5.74) is -6.50. The Labute approximate surface area is 180 Å². The molecule has 5 nitrogen and oxygen atoms in total. The Balaban J connectivity index is 2.72. The number of alkyl halides is 6. The monoisotopic (exact) mass is 483 g/mol. The molecule has 2 aromatic carbocycles. The summed E-state index contributed by atoms with van der Waals surface area (Å²) in [6.45, 7) is 2.36. The molecule has 0 radical (unpaired) electrons. The van der Waals surface area contributed by atoms with Crippen LogP contribution in [0.15, 0.2) is 47.4 Å². The zero-order valence-electron chi connectivity index (χ0n) is 16.8. The molecule has 2 rings (SSSR count). The lowest BCUT2D eigenvalue weighted by atomic mass is 9.87. The van der Waals surface area contributed by atoms with E-state index in [-0.39, 0.29) is 33.9 Å². The van der Waals surface area contributed by atoms with E-state index < -0.39 is 39.3 Å². The number of carbonyl (C=O) groups is 1. The van der Waals surface area contributed by atoms with E-state index in [0.29, 0.717) is 12.1 Å². The lowest BCUT2D eigenvalue weighted by molar-refractivity contribution is -0.376. The van der Waals surface area contributed by atoms with Gasteiger partial charge in [-0.1, -0.05) is 31.2 Å². The number of benzene rings is 2. The van der Waals surface area contributed by atoms with E-state index in [2.05, 4.69) is 5.32 Å². The van der Waals surface area contributed by atoms with Crippen LogP contribution < -0.4 is 5.32 Å². The molecule has 0 heterocycles. The van der Waals surface area contributed by atoms with Gasteiger partial charge >= 0.3 is 12.4 Å². The minimum absolute atomic E-state index is 0.0783. The molecule has 1 amide bonds. The van der Waals surface area contributed by atoms with Crippen LogP contribution in [0.5, 0.6) is 0 Å². The molecule has 0 aromatic heterocycles. The SMILES string of the molecule is CCS(=O)(=O)c1ccc(-c2cc(C(O)(C(F)(F)F)C(F)(F)F)ccc2CNC(C)=O)cc1. The zero-order chi connectivity index (χ0) is 24.5. The second-order valence-corrected chi connectivity index (χ2v) is 9.19. The normalized spacial score (nSPS) is 13.2. The molecule has 0 saturated carbocycles. The van der Waals surface area contributed by atoms with Gasteiger partial charge in [-0.25, -0.2) is 8.42 Å². The number of carbonyl (C=O) groups excluding carboxylic acids is 1. The molecule has 12 heteroatoms. The summed E-state index contributed by atoms with van der Waals surface area (Å²) in [5, 5.41) is 12.1. The van der Waals surface area contributed by atoms with E-state index in [1.807, 2.05) is 0 Å². The highest BCUT2D eigenvalue weighted by Gasteiger charge is 2.71. The number of amides is 1. The highest BCUT2D eigenvalue weighted by atomic mass is 32.2. The Morgan fingerprint density at radius 3 is 1.94 bits per heavy atom. The van der Waals surface area contributed by atoms with Crippen molar-refractivity contribution in [2.45, 2.75) is 43.2 Å². The second-order valence-electron chi connectivity index (χ2n) is 6.92. The average Bonchev–Trinajstić information content (AvgIpc) is 2.70. The van der Waals surface area contributed by atoms with Crippen LogP contribution in [-0.2, 0) is 26.8 Å². The maximum absolute atomic E-state index is 13.3. The largest absolute Gasteiger partial charge is 0.430 e. The lowest BCUT2D eigenvalue weighted by Gasteiger charge is -2.33. The number of sulfone groups is 1. The molecule has 176 valence electrons. The first kappa shape index (κ1) is 25.7. The fraction of sp³-hybridized carbons (Fsp3) is 0.350. The van der Waals surface area contributed by atoms with E-state index in [1.54, 1.807) is 0 Å². The predicted octanol–water partition coefficient (Wildman–Crippen LogP) is 4.10. The van der Waals surface area contributed by atoms with Crippen molar-refractivity contribution in [2.75, 3.05) is 5.75 Å². The summed E-state index contributed by atoms with van der Waals surface area (Å²) in [5.74, 6) is -0.703. The first-order valence-electron chi connectivity index (χ1n) is 9.11. The summed E-state index contributed by atoms with van der Waals surface area (Å²) in [6.07, 6.45) is -12.1. The number of halogens is 6. The van der Waals surface area contributed by atoms with Gasteiger partial charge in [0.15, 0.2) is 9.84 Å². The third-order valence-corrected chi connectivity index (χ3v) is 6.53. The number of aliphatic hydroxyl groups is 1. The van der Waals surface area contributed by atoms with Gasteiger partial charge in [0, 0.05) is 19.0 Å². The van der Waals surface area contributed by atoms with Crippen LogP contribution in [0.4, 0.5) is 26.3 Å². The maximum atomic E-state index is 13.3. The van der Waals surface area contributed by atoms with Crippen molar-refractivity contribution in [3.05, 3.63) is 53.6 Å². The molecule has 0 saturated heterocycles. The molecule has 2 N–H and O–H groups in total. The van der Waals surface area contributed by atoms with E-state index >= 15 is 0 Å². The molecular weight excluding hydrogens is 464 g/mol. The summed E-state index contributed by atoms with van der Waals surface area (Å²) < 4.78 is 104. The van der Waals surface area contributed by atoms with Gasteiger partial charge in [0.2, 0.25) is 5.91 Å². The fourth-order valence-corrected chi connectivity index (χ4v) is 3.82. The minimum atomic E-state index is -6.07. The van der Waals surface area contributed by atoms with Crippen LogP contribution in [0.1, 0.15) is 25.0 Å². The van der Waals surface area contributed by atoms with Crippen LogP contribution in [-0.4, -0.2) is 37.5 Å². The smallest absolute Gasteiger partial charge is 0.369 e. The molecule has 0 aliphatic rings. The molecule has 0 aliphatic heterocycles. The molecule has 0 unspecified atom stereocenters. The van der Waals surface area contributed by atoms with Gasteiger partial charge in [-0.15, -0.1) is 0 Å². The molecule has 32 heavy (non-hydrogen) atoms. The predicted molar refractivity (Wildman–Crippen MR) is 103 cm³/mol. The molecule has 0 fully saturated rings. The van der Waals surface area contributed by atoms with E-state index in [0.717, 1.165) is 6.07 Å². The van der Waals surface area contributed by atoms with Gasteiger partial charge in [-0.3, -0.25) is 4.79 Å². The third kappa shape index (κ3) is 4.90. The standard InChI is InChI=1S/C20H19F6NO4S/c1-3-32(30,31)16-8-5-13(6-9-16)17-10-15(7-4-14(17)11-27-12(2)28)18(29,19(21,22)23)20(24,25)26/h4-10,29H,3,11H2,1-2H3,(H,27,28). The maximum Gasteiger partial charge on any atom is 0.430 e. The number of nitrogens with one attached hydrogen (secondary N) is 1. The van der Waals surface area contributed by atoms with Crippen molar-refractivity contribution in [1.29, 1.82) is 0 Å². The Morgan fingerprint density at radius 2 is 1.50 bits per heavy atom. The Bertz CT molecular complexity index is 1080. The molecule has 2 aromatic rings. The van der Waals surface area contributed by atoms with Crippen molar-refractivity contribution in [1.82, 2.24) is 5.32 Å². The first-order valence-corrected chi connectivity index (χ1v) is 10.8. The molecule has 0 bridgehead atoms. The first-order chi connectivity index (χ1) is 14.5. The molecule has 0 atom stereocenters. The van der Waals surface area contributed by atoms with Crippen molar-refractivity contribution in [3.63, 3.8) is 0 Å². The number of hydrogen-bond donors (Lipinski definition) is 2. The topological polar surface area (TPSA) is 83.5 Å². The van der Waals surface area contributed by atoms with Crippen LogP contribution in [0.3, 0.4) is 0 Å². The fourth-order valence-electron chi connectivity index (χ4n) is 2.94. The zero-order valence-corrected chi connectivity index (χ0v) is 17.6. The summed E-state index contributed by atoms with van der Waals surface area (Å²) in [6, 6.07) is 6.72. The van der Waals surface area contributed by atoms with Crippen molar-refractivity contribution >= 4 is 15.7 Å². The Kier molecular flexibility index (Phi) is 7.01. The highest BCUT2D eigenvalue weighted by Crippen LogP contribution is 2.50. The molecular formula is C20H19F6NO4S. The minimum Gasteiger partial charge on any atom is -0.369 e. The van der Waals surface area contributed by atoms with Gasteiger partial charge in [-0.2, -0.15) is 26.3 Å². The van der Waals surface area contributed by atoms with Gasteiger partial charge in [-0.05, 0) is 34.9 Å². The van der Waals surface area contributed by atoms with Gasteiger partial charge in [0.1, 0.15) is 0 Å². The van der Waals surface area contributed by atoms with Crippen LogP contribution >= 0.6 is 0 Å². The van der Waals surface area contributed by atoms with Crippen molar-refractivity contribution < 1.29 is 44.7 Å². The number of hydrogen-bond acceptors (Lipinski definition) is 4. The summed E-state index contributed by atoms with van der Waals surface area (Å²) in [4.78, 5) is 11.1. The summed E-state index contributed by atoms with van der Waals surface area (Å²) in [7, 11) is -3.59.